The minimum absolute atomic E-state index is 0.00153. The monoisotopic (exact) mass is 287 g/mol. The van der Waals surface area contributed by atoms with Crippen molar-refractivity contribution in [2.75, 3.05) is 32.0 Å². The van der Waals surface area contributed by atoms with Gasteiger partial charge in [-0.1, -0.05) is 6.07 Å². The molecule has 2 aliphatic heterocycles. The summed E-state index contributed by atoms with van der Waals surface area (Å²) < 4.78 is 0. The molecule has 1 unspecified atom stereocenters. The van der Waals surface area contributed by atoms with E-state index in [0.717, 1.165) is 37.3 Å². The van der Waals surface area contributed by atoms with Crippen molar-refractivity contribution >= 4 is 17.5 Å². The summed E-state index contributed by atoms with van der Waals surface area (Å²) in [6, 6.07) is 5.53. The Morgan fingerprint density at radius 2 is 2.33 bits per heavy atom. The summed E-state index contributed by atoms with van der Waals surface area (Å²) in [5.74, 6) is 0.600. The average Bonchev–Trinajstić information content (AvgIpc) is 2.86. The van der Waals surface area contributed by atoms with Gasteiger partial charge in [0.15, 0.2) is 0 Å². The van der Waals surface area contributed by atoms with Crippen LogP contribution in [0.2, 0.25) is 0 Å². The van der Waals surface area contributed by atoms with E-state index < -0.39 is 0 Å². The van der Waals surface area contributed by atoms with Crippen LogP contribution in [0.25, 0.3) is 0 Å². The Morgan fingerprint density at radius 3 is 3.14 bits per heavy atom. The highest BCUT2D eigenvalue weighted by atomic mass is 16.2. The molecule has 0 aromatic heterocycles. The standard InChI is InChI=1S/C16H21N3O2/c1-17-9-11-3-2-6-19(10-11)16(21)13-5-4-12-8-15(20)18-14(12)7-13/h4-5,7,11,17H,2-3,6,8-10H2,1H3,(H,18,20). The van der Waals surface area contributed by atoms with Gasteiger partial charge in [-0.15, -0.1) is 0 Å². The Labute approximate surface area is 124 Å². The lowest BCUT2D eigenvalue weighted by Gasteiger charge is -2.32. The first-order chi connectivity index (χ1) is 10.2. The highest BCUT2D eigenvalue weighted by Crippen LogP contribution is 2.25. The van der Waals surface area contributed by atoms with Crippen molar-refractivity contribution in [2.45, 2.75) is 19.3 Å². The summed E-state index contributed by atoms with van der Waals surface area (Å²) in [6.45, 7) is 2.58. The number of carbonyl (C=O) groups excluding carboxylic acids is 2. The van der Waals surface area contributed by atoms with Crippen LogP contribution >= 0.6 is 0 Å². The first-order valence-corrected chi connectivity index (χ1v) is 7.54. The molecule has 1 fully saturated rings. The highest BCUT2D eigenvalue weighted by molar-refractivity contribution is 6.02. The molecule has 2 aliphatic rings. The number of nitrogens with zero attached hydrogens (tertiary/aromatic N) is 1. The number of hydrogen-bond donors (Lipinski definition) is 2. The topological polar surface area (TPSA) is 61.4 Å². The van der Waals surface area contributed by atoms with Crippen molar-refractivity contribution in [3.8, 4) is 0 Å². The van der Waals surface area contributed by atoms with Gasteiger partial charge in [-0.25, -0.2) is 0 Å². The molecular formula is C16H21N3O2. The summed E-state index contributed by atoms with van der Waals surface area (Å²) in [5, 5.41) is 6.00. The number of piperidine rings is 1. The molecule has 112 valence electrons. The van der Waals surface area contributed by atoms with E-state index in [0.29, 0.717) is 17.9 Å². The van der Waals surface area contributed by atoms with Gasteiger partial charge in [0.1, 0.15) is 0 Å². The Hall–Kier alpha value is -1.88. The Balaban J connectivity index is 1.73. The lowest BCUT2D eigenvalue weighted by molar-refractivity contribution is -0.115. The van der Waals surface area contributed by atoms with Crippen LogP contribution < -0.4 is 10.6 Å². The quantitative estimate of drug-likeness (QED) is 0.879. The van der Waals surface area contributed by atoms with Crippen molar-refractivity contribution in [1.82, 2.24) is 10.2 Å². The van der Waals surface area contributed by atoms with Gasteiger partial charge in [-0.2, -0.15) is 0 Å². The van der Waals surface area contributed by atoms with Gasteiger partial charge in [0, 0.05) is 24.3 Å². The summed E-state index contributed by atoms with van der Waals surface area (Å²) in [5.41, 5.74) is 2.43. The minimum atomic E-state index is 0.00153. The van der Waals surface area contributed by atoms with E-state index in [1.807, 2.05) is 30.1 Å². The SMILES string of the molecule is CNCC1CCCN(C(=O)c2ccc3c(c2)NC(=O)C3)C1. The van der Waals surface area contributed by atoms with Gasteiger partial charge < -0.3 is 15.5 Å². The first-order valence-electron chi connectivity index (χ1n) is 7.54. The maximum absolute atomic E-state index is 12.6. The largest absolute Gasteiger partial charge is 0.338 e. The Kier molecular flexibility index (Phi) is 3.92. The van der Waals surface area contributed by atoms with Crippen molar-refractivity contribution in [3.63, 3.8) is 0 Å². The van der Waals surface area contributed by atoms with E-state index in [4.69, 9.17) is 0 Å². The number of hydrogen-bond acceptors (Lipinski definition) is 3. The zero-order valence-electron chi connectivity index (χ0n) is 12.3. The number of rotatable bonds is 3. The molecule has 1 aromatic carbocycles. The Morgan fingerprint density at radius 1 is 1.48 bits per heavy atom. The lowest BCUT2D eigenvalue weighted by Crippen LogP contribution is -2.42. The van der Waals surface area contributed by atoms with Gasteiger partial charge in [0.2, 0.25) is 5.91 Å². The molecular weight excluding hydrogens is 266 g/mol. The molecule has 0 spiro atoms. The van der Waals surface area contributed by atoms with E-state index >= 15 is 0 Å². The van der Waals surface area contributed by atoms with Crippen LogP contribution in [0.1, 0.15) is 28.8 Å². The van der Waals surface area contributed by atoms with Crippen LogP contribution in [0.4, 0.5) is 5.69 Å². The van der Waals surface area contributed by atoms with Crippen LogP contribution in [-0.2, 0) is 11.2 Å². The van der Waals surface area contributed by atoms with Gasteiger partial charge in [-0.3, -0.25) is 9.59 Å². The third-order valence-electron chi connectivity index (χ3n) is 4.28. The molecule has 2 heterocycles. The maximum Gasteiger partial charge on any atom is 0.253 e. The van der Waals surface area contributed by atoms with Crippen LogP contribution in [0.15, 0.2) is 18.2 Å². The number of nitrogens with one attached hydrogen (secondary N) is 2. The van der Waals surface area contributed by atoms with E-state index in [1.165, 1.54) is 6.42 Å². The molecule has 1 atom stereocenters. The van der Waals surface area contributed by atoms with Crippen molar-refractivity contribution in [1.29, 1.82) is 0 Å². The average molecular weight is 287 g/mol. The van der Waals surface area contributed by atoms with Gasteiger partial charge >= 0.3 is 0 Å². The molecule has 0 radical (unpaired) electrons. The molecule has 0 bridgehead atoms. The highest BCUT2D eigenvalue weighted by Gasteiger charge is 2.25. The van der Waals surface area contributed by atoms with E-state index in [9.17, 15) is 9.59 Å². The first kappa shape index (κ1) is 14.1. The molecule has 1 saturated heterocycles. The number of benzene rings is 1. The van der Waals surface area contributed by atoms with Crippen LogP contribution in [-0.4, -0.2) is 43.4 Å². The second kappa shape index (κ2) is 5.85. The summed E-state index contributed by atoms with van der Waals surface area (Å²) >= 11 is 0. The third-order valence-corrected chi connectivity index (χ3v) is 4.28. The summed E-state index contributed by atoms with van der Waals surface area (Å²) in [7, 11) is 1.95. The molecule has 1 aromatic rings. The fourth-order valence-corrected chi connectivity index (χ4v) is 3.23. The molecule has 21 heavy (non-hydrogen) atoms. The fraction of sp³-hybridized carbons (Fsp3) is 0.500. The number of carbonyl (C=O) groups is 2. The number of fused-ring (bicyclic) bond motifs is 1. The second-order valence-corrected chi connectivity index (χ2v) is 5.91. The molecule has 5 nitrogen and oxygen atoms in total. The molecule has 2 amide bonds. The predicted octanol–water partition coefficient (Wildman–Crippen LogP) is 1.25. The van der Waals surface area contributed by atoms with Gasteiger partial charge in [0.05, 0.1) is 6.42 Å². The van der Waals surface area contributed by atoms with E-state index in [1.54, 1.807) is 0 Å². The fourth-order valence-electron chi connectivity index (χ4n) is 3.23. The van der Waals surface area contributed by atoms with Gasteiger partial charge in [-0.05, 0) is 50.0 Å². The smallest absolute Gasteiger partial charge is 0.253 e. The number of likely N-dealkylation sites (tertiary alicyclic amines) is 1. The normalized spacial score (nSPS) is 21.1. The lowest BCUT2D eigenvalue weighted by atomic mass is 9.97. The maximum atomic E-state index is 12.6. The van der Waals surface area contributed by atoms with Crippen LogP contribution in [0.5, 0.6) is 0 Å². The number of amides is 2. The summed E-state index contributed by atoms with van der Waals surface area (Å²) in [6.07, 6.45) is 2.64. The summed E-state index contributed by atoms with van der Waals surface area (Å²) in [4.78, 5) is 25.9. The zero-order valence-corrected chi connectivity index (χ0v) is 12.3. The molecule has 5 heteroatoms. The predicted molar refractivity (Wildman–Crippen MR) is 81.3 cm³/mol. The van der Waals surface area contributed by atoms with Gasteiger partial charge in [0.25, 0.3) is 5.91 Å². The number of anilines is 1. The van der Waals surface area contributed by atoms with Crippen molar-refractivity contribution in [3.05, 3.63) is 29.3 Å². The van der Waals surface area contributed by atoms with Crippen LogP contribution in [0.3, 0.4) is 0 Å². The third kappa shape index (κ3) is 2.93. The minimum Gasteiger partial charge on any atom is -0.338 e. The van der Waals surface area contributed by atoms with E-state index in [-0.39, 0.29) is 11.8 Å². The van der Waals surface area contributed by atoms with Crippen molar-refractivity contribution < 1.29 is 9.59 Å². The second-order valence-electron chi connectivity index (χ2n) is 5.91. The van der Waals surface area contributed by atoms with Crippen LogP contribution in [0, 0.1) is 5.92 Å². The molecule has 0 saturated carbocycles. The van der Waals surface area contributed by atoms with E-state index in [2.05, 4.69) is 10.6 Å². The Bertz CT molecular complexity index is 569. The zero-order chi connectivity index (χ0) is 14.8. The molecule has 3 rings (SSSR count). The molecule has 2 N–H and O–H groups in total. The van der Waals surface area contributed by atoms with Crippen molar-refractivity contribution in [2.24, 2.45) is 5.92 Å². The molecule has 0 aliphatic carbocycles.